The number of hydrogen-bond acceptors (Lipinski definition) is 7. The van der Waals surface area contributed by atoms with Gasteiger partial charge in [0, 0.05) is 36.3 Å². The van der Waals surface area contributed by atoms with Crippen molar-refractivity contribution in [1.82, 2.24) is 29.4 Å². The number of aromatic nitrogens is 5. The molecule has 10 nitrogen and oxygen atoms in total. The Hall–Kier alpha value is -5.24. The van der Waals surface area contributed by atoms with Crippen LogP contribution in [0.2, 0.25) is 5.02 Å². The molecule has 0 spiro atoms. The van der Waals surface area contributed by atoms with Crippen LogP contribution in [0.25, 0.3) is 38.6 Å². The zero-order chi connectivity index (χ0) is 35.5. The molecule has 0 aliphatic carbocycles. The van der Waals surface area contributed by atoms with Crippen LogP contribution in [-0.4, -0.2) is 61.6 Å². The van der Waals surface area contributed by atoms with Gasteiger partial charge >= 0.3 is 0 Å². The highest BCUT2D eigenvalue weighted by molar-refractivity contribution is 6.30. The van der Waals surface area contributed by atoms with Gasteiger partial charge in [0.25, 0.3) is 0 Å². The number of benzene rings is 3. The summed E-state index contributed by atoms with van der Waals surface area (Å²) in [6.07, 6.45) is 4.34. The minimum absolute atomic E-state index is 0.0548. The number of carbonyl (C=O) groups excluding carboxylic acids is 1. The average molecular weight is 716 g/mol. The van der Waals surface area contributed by atoms with Crippen molar-refractivity contribution >= 4 is 45.5 Å². The van der Waals surface area contributed by atoms with Crippen LogP contribution in [0, 0.1) is 11.8 Å². The Bertz CT molecular complexity index is 2250. The molecule has 1 amide bonds. The molecule has 5 heterocycles. The van der Waals surface area contributed by atoms with Gasteiger partial charge in [0.2, 0.25) is 18.2 Å². The second-order valence-electron chi connectivity index (χ2n) is 12.2. The van der Waals surface area contributed by atoms with Crippen molar-refractivity contribution in [2.45, 2.75) is 38.6 Å². The third-order valence-electron chi connectivity index (χ3n) is 9.03. The molecule has 1 unspecified atom stereocenters. The van der Waals surface area contributed by atoms with Crippen molar-refractivity contribution in [1.29, 1.82) is 0 Å². The summed E-state index contributed by atoms with van der Waals surface area (Å²) in [5, 5.41) is 3.74. The summed E-state index contributed by atoms with van der Waals surface area (Å²) in [6, 6.07) is 21.1. The van der Waals surface area contributed by atoms with Crippen LogP contribution in [0.5, 0.6) is 5.88 Å². The van der Waals surface area contributed by atoms with Crippen molar-refractivity contribution in [2.75, 3.05) is 19.7 Å². The fourth-order valence-electron chi connectivity index (χ4n) is 6.29. The minimum Gasteiger partial charge on any atom is -0.473 e. The van der Waals surface area contributed by atoms with E-state index in [9.17, 15) is 13.3 Å². The van der Waals surface area contributed by atoms with Gasteiger partial charge in [-0.3, -0.25) is 9.69 Å². The first-order valence-corrected chi connectivity index (χ1v) is 16.7. The molecule has 1 saturated heterocycles. The quantitative estimate of drug-likeness (QED) is 0.163. The molecule has 1 atom stereocenters. The number of carbonyl (C=O) groups is 1. The lowest BCUT2D eigenvalue weighted by atomic mass is 10.0. The third-order valence-corrected chi connectivity index (χ3v) is 9.27. The van der Waals surface area contributed by atoms with Crippen LogP contribution in [0.1, 0.15) is 29.9 Å². The van der Waals surface area contributed by atoms with E-state index in [1.54, 1.807) is 30.3 Å². The maximum Gasteiger partial charge on any atom is 0.243 e. The standard InChI is InChI=1S/C36H30ClF3N6O2.CH3NO/c37-26-7-4-25(29(38)18-26)21-48-35-3-1-2-30(42-35)22-10-13-44(14-11-22)20-34-41-31-8-5-24(17-33(31)45(34)19-27-12-15-47-27)23-6-9-32-28(16-23)36(39)43-46(32)40;2-1-3/h1-10,16-18,27H,11-15,19-21H2;1H,(H2,2,3). The number of ether oxygens (including phenoxy) is 2. The lowest BCUT2D eigenvalue weighted by Crippen LogP contribution is -2.33. The lowest BCUT2D eigenvalue weighted by molar-refractivity contribution is -0.106. The van der Waals surface area contributed by atoms with Crippen LogP contribution < -0.4 is 10.5 Å². The molecule has 0 saturated carbocycles. The summed E-state index contributed by atoms with van der Waals surface area (Å²) in [5.41, 5.74) is 10.1. The summed E-state index contributed by atoms with van der Waals surface area (Å²) in [4.78, 5) is 20.7. The highest BCUT2D eigenvalue weighted by Crippen LogP contribution is 2.31. The van der Waals surface area contributed by atoms with Crippen LogP contribution in [-0.2, 0) is 29.2 Å². The lowest BCUT2D eigenvalue weighted by Gasteiger charge is -2.29. The molecule has 2 N–H and O–H groups in total. The summed E-state index contributed by atoms with van der Waals surface area (Å²) in [6.45, 7) is 3.68. The van der Waals surface area contributed by atoms with Gasteiger partial charge in [-0.1, -0.05) is 51.3 Å². The zero-order valence-electron chi connectivity index (χ0n) is 27.3. The SMILES string of the molecule is Fc1cc(Cl)ccc1COc1cccc(C2=CCN(Cc3nc4ccc(-c5ccc6c(c5)c(F)nn6F)cc4n3CC3CCO3)CC2)n1.NC=O. The van der Waals surface area contributed by atoms with Gasteiger partial charge in [-0.2, -0.15) is 4.39 Å². The van der Waals surface area contributed by atoms with Gasteiger partial charge in [-0.25, -0.2) is 14.4 Å². The Morgan fingerprint density at radius 3 is 2.57 bits per heavy atom. The van der Waals surface area contributed by atoms with Gasteiger partial charge in [-0.15, -0.1) is 5.10 Å². The second-order valence-corrected chi connectivity index (χ2v) is 12.7. The molecule has 6 aromatic rings. The van der Waals surface area contributed by atoms with E-state index in [-0.39, 0.29) is 34.9 Å². The number of pyridine rings is 1. The topological polar surface area (TPSA) is 113 Å². The van der Waals surface area contributed by atoms with E-state index in [1.165, 1.54) is 12.1 Å². The van der Waals surface area contributed by atoms with E-state index in [1.807, 2.05) is 24.3 Å². The molecule has 0 radical (unpaired) electrons. The molecule has 51 heavy (non-hydrogen) atoms. The first-order chi connectivity index (χ1) is 24.8. The van der Waals surface area contributed by atoms with Crippen molar-refractivity contribution in [3.05, 3.63) is 113 Å². The smallest absolute Gasteiger partial charge is 0.243 e. The predicted octanol–water partition coefficient (Wildman–Crippen LogP) is 6.87. The number of nitrogens with two attached hydrogens (primary N) is 1. The summed E-state index contributed by atoms with van der Waals surface area (Å²) in [7, 11) is 0. The molecule has 1 fully saturated rings. The van der Waals surface area contributed by atoms with E-state index in [0.717, 1.165) is 71.8 Å². The molecule has 2 aliphatic rings. The maximum atomic E-state index is 14.3. The first kappa shape index (κ1) is 34.2. The summed E-state index contributed by atoms with van der Waals surface area (Å²) < 4.78 is 56.2. The Labute approximate surface area is 295 Å². The largest absolute Gasteiger partial charge is 0.473 e. The molecule has 8 rings (SSSR count). The molecule has 2 aliphatic heterocycles. The fourth-order valence-corrected chi connectivity index (χ4v) is 6.45. The molecule has 262 valence electrons. The Kier molecular flexibility index (Phi) is 10.0. The highest BCUT2D eigenvalue weighted by Gasteiger charge is 2.24. The van der Waals surface area contributed by atoms with E-state index < -0.39 is 11.8 Å². The Morgan fingerprint density at radius 2 is 1.82 bits per heavy atom. The van der Waals surface area contributed by atoms with Crippen LogP contribution in [0.3, 0.4) is 0 Å². The molecule has 14 heteroatoms. The van der Waals surface area contributed by atoms with Gasteiger partial charge in [0.05, 0.1) is 41.3 Å². The summed E-state index contributed by atoms with van der Waals surface area (Å²) >= 11 is 5.86. The number of rotatable bonds is 9. The van der Waals surface area contributed by atoms with Crippen LogP contribution >= 0.6 is 11.6 Å². The minimum atomic E-state index is -0.841. The van der Waals surface area contributed by atoms with Crippen LogP contribution in [0.4, 0.5) is 13.3 Å². The van der Waals surface area contributed by atoms with Gasteiger partial charge in [0.15, 0.2) is 0 Å². The molecular formula is C37H33ClF3N7O3. The molecule has 3 aromatic heterocycles. The van der Waals surface area contributed by atoms with Crippen molar-refractivity contribution in [2.24, 2.45) is 5.73 Å². The number of hydrogen-bond donors (Lipinski definition) is 1. The molecular weight excluding hydrogens is 683 g/mol. The molecule has 0 bridgehead atoms. The van der Waals surface area contributed by atoms with Crippen molar-refractivity contribution in [3.8, 4) is 17.0 Å². The average Bonchev–Trinajstić information content (AvgIpc) is 3.60. The van der Waals surface area contributed by atoms with E-state index in [2.05, 4.69) is 37.4 Å². The number of amides is 1. The molecule has 3 aromatic carbocycles. The zero-order valence-corrected chi connectivity index (χ0v) is 28.1. The van der Waals surface area contributed by atoms with E-state index in [0.29, 0.717) is 29.6 Å². The second kappa shape index (κ2) is 14.9. The van der Waals surface area contributed by atoms with E-state index in [4.69, 9.17) is 30.9 Å². The third kappa shape index (κ3) is 7.46. The number of halogens is 4. The number of nitrogens with zero attached hydrogens (tertiary/aromatic N) is 6. The maximum absolute atomic E-state index is 14.3. The van der Waals surface area contributed by atoms with Gasteiger partial charge in [0.1, 0.15) is 23.8 Å². The highest BCUT2D eigenvalue weighted by atomic mass is 35.5. The first-order valence-electron chi connectivity index (χ1n) is 16.4. The Balaban J connectivity index is 0.00000131. The van der Waals surface area contributed by atoms with Crippen molar-refractivity contribution < 1.29 is 27.5 Å². The fraction of sp³-hybridized carbons (Fsp3) is 0.243. The number of fused-ring (bicyclic) bond motifs is 2. The van der Waals surface area contributed by atoms with Gasteiger partial charge in [-0.05, 0) is 72.0 Å². The summed E-state index contributed by atoms with van der Waals surface area (Å²) in [5.74, 6) is 0.119. The van der Waals surface area contributed by atoms with E-state index >= 15 is 0 Å². The monoisotopic (exact) mass is 715 g/mol. The Morgan fingerprint density at radius 1 is 1.02 bits per heavy atom. The number of primary amides is 1. The van der Waals surface area contributed by atoms with Crippen LogP contribution in [0.15, 0.2) is 78.9 Å². The van der Waals surface area contributed by atoms with Crippen molar-refractivity contribution in [3.63, 3.8) is 0 Å². The number of imidazole rings is 1. The normalized spacial score (nSPS) is 16.0. The van der Waals surface area contributed by atoms with Gasteiger partial charge < -0.3 is 19.8 Å². The predicted molar refractivity (Wildman–Crippen MR) is 187 cm³/mol.